The van der Waals surface area contributed by atoms with Crippen molar-refractivity contribution in [2.75, 3.05) is 29.9 Å². The van der Waals surface area contributed by atoms with Crippen LogP contribution in [0, 0.1) is 5.82 Å². The minimum Gasteiger partial charge on any atom is -0.339 e. The summed E-state index contributed by atoms with van der Waals surface area (Å²) >= 11 is 0. The maximum Gasteiger partial charge on any atom is 0.418 e. The fraction of sp³-hybridized carbons (Fsp3) is 0.312. The Hall–Kier alpha value is -2.76. The van der Waals surface area contributed by atoms with Crippen LogP contribution in [0.5, 0.6) is 0 Å². The number of carbonyl (C=O) groups is 1. The van der Waals surface area contributed by atoms with Gasteiger partial charge < -0.3 is 10.2 Å². The number of aromatic nitrogens is 2. The molecule has 7 nitrogen and oxygen atoms in total. The highest BCUT2D eigenvalue weighted by molar-refractivity contribution is 7.91. The molecule has 28 heavy (non-hydrogen) atoms. The molecule has 1 aromatic heterocycles. The normalized spacial score (nSPS) is 16.6. The molecule has 1 saturated heterocycles. The minimum atomic E-state index is -4.90. The summed E-state index contributed by atoms with van der Waals surface area (Å²) in [6.07, 6.45) is -4.90. The Morgan fingerprint density at radius 1 is 1.11 bits per heavy atom. The SMILES string of the molecule is O=C(c1nnc(Nc2cccc(F)c2)cc1C(F)(F)F)N1CCS(=O)(=O)CC1. The molecule has 1 fully saturated rings. The van der Waals surface area contributed by atoms with Crippen LogP contribution in [0.25, 0.3) is 0 Å². The average Bonchev–Trinajstić information content (AvgIpc) is 2.60. The summed E-state index contributed by atoms with van der Waals surface area (Å²) in [6.45, 7) is -0.438. The van der Waals surface area contributed by atoms with Crippen molar-refractivity contribution in [1.29, 1.82) is 0 Å². The lowest BCUT2D eigenvalue weighted by Crippen LogP contribution is -2.44. The number of carbonyl (C=O) groups excluding carboxylic acids is 1. The van der Waals surface area contributed by atoms with Crippen molar-refractivity contribution >= 4 is 27.2 Å². The number of hydrogen-bond acceptors (Lipinski definition) is 6. The molecule has 1 amide bonds. The molecule has 1 aromatic carbocycles. The number of nitrogens with one attached hydrogen (secondary N) is 1. The van der Waals surface area contributed by atoms with E-state index in [1.54, 1.807) is 0 Å². The van der Waals surface area contributed by atoms with Gasteiger partial charge in [0, 0.05) is 18.8 Å². The standard InChI is InChI=1S/C16H14F4N4O3S/c17-10-2-1-3-11(8-10)21-13-9-12(16(18,19)20)14(23-22-13)15(25)24-4-6-28(26,27)7-5-24/h1-3,8-9H,4-7H2,(H,21,22). The molecule has 0 saturated carbocycles. The quantitative estimate of drug-likeness (QED) is 0.769. The topological polar surface area (TPSA) is 92.3 Å². The Labute approximate surface area is 157 Å². The van der Waals surface area contributed by atoms with Gasteiger partial charge in [0.2, 0.25) is 0 Å². The Kier molecular flexibility index (Phi) is 5.24. The van der Waals surface area contributed by atoms with Crippen LogP contribution >= 0.6 is 0 Å². The van der Waals surface area contributed by atoms with Crippen LogP contribution in [0.1, 0.15) is 16.1 Å². The summed E-state index contributed by atoms with van der Waals surface area (Å²) in [5.74, 6) is -2.62. The lowest BCUT2D eigenvalue weighted by molar-refractivity contribution is -0.138. The highest BCUT2D eigenvalue weighted by Gasteiger charge is 2.39. The predicted octanol–water partition coefficient (Wildman–Crippen LogP) is 2.25. The van der Waals surface area contributed by atoms with Gasteiger partial charge in [0.25, 0.3) is 5.91 Å². The van der Waals surface area contributed by atoms with Gasteiger partial charge in [-0.2, -0.15) is 13.2 Å². The molecule has 1 aliphatic rings. The maximum absolute atomic E-state index is 13.5. The van der Waals surface area contributed by atoms with Crippen molar-refractivity contribution in [2.45, 2.75) is 6.18 Å². The van der Waals surface area contributed by atoms with Crippen molar-refractivity contribution in [2.24, 2.45) is 0 Å². The molecular weight excluding hydrogens is 404 g/mol. The summed E-state index contributed by atoms with van der Waals surface area (Å²) in [4.78, 5) is 13.5. The number of rotatable bonds is 3. The van der Waals surface area contributed by atoms with Gasteiger partial charge in [0.1, 0.15) is 5.82 Å². The fourth-order valence-electron chi connectivity index (χ4n) is 2.61. The van der Waals surface area contributed by atoms with Gasteiger partial charge in [-0.3, -0.25) is 4.79 Å². The third kappa shape index (κ3) is 4.55. The number of amides is 1. The van der Waals surface area contributed by atoms with Gasteiger partial charge >= 0.3 is 6.18 Å². The zero-order valence-corrected chi connectivity index (χ0v) is 15.0. The summed E-state index contributed by atoms with van der Waals surface area (Å²) in [5, 5.41) is 9.48. The summed E-state index contributed by atoms with van der Waals surface area (Å²) in [6, 6.07) is 5.61. The van der Waals surface area contributed by atoms with E-state index in [1.807, 2.05) is 0 Å². The molecule has 2 aromatic rings. The lowest BCUT2D eigenvalue weighted by atomic mass is 10.1. The number of sulfone groups is 1. The zero-order valence-electron chi connectivity index (χ0n) is 14.2. The van der Waals surface area contributed by atoms with Crippen molar-refractivity contribution in [1.82, 2.24) is 15.1 Å². The molecule has 3 rings (SSSR count). The number of alkyl halides is 3. The molecule has 0 radical (unpaired) electrons. The minimum absolute atomic E-state index is 0.155. The van der Waals surface area contributed by atoms with Crippen molar-refractivity contribution < 1.29 is 30.8 Å². The van der Waals surface area contributed by atoms with Gasteiger partial charge in [-0.05, 0) is 24.3 Å². The number of hydrogen-bond donors (Lipinski definition) is 1. The number of nitrogens with zero attached hydrogens (tertiary/aromatic N) is 3. The van der Waals surface area contributed by atoms with E-state index in [2.05, 4.69) is 15.5 Å². The Morgan fingerprint density at radius 2 is 1.79 bits per heavy atom. The first-order valence-corrected chi connectivity index (χ1v) is 9.84. The molecule has 150 valence electrons. The van der Waals surface area contributed by atoms with Crippen LogP contribution in [0.4, 0.5) is 29.1 Å². The third-order valence-electron chi connectivity index (χ3n) is 4.03. The first kappa shape index (κ1) is 20.0. The van der Waals surface area contributed by atoms with Gasteiger partial charge in [0.15, 0.2) is 21.3 Å². The van der Waals surface area contributed by atoms with E-state index in [0.29, 0.717) is 6.07 Å². The van der Waals surface area contributed by atoms with Gasteiger partial charge in [-0.15, -0.1) is 10.2 Å². The molecule has 12 heteroatoms. The average molecular weight is 418 g/mol. The zero-order chi connectivity index (χ0) is 20.5. The van der Waals surface area contributed by atoms with Crippen LogP contribution in [-0.4, -0.2) is 54.0 Å². The van der Waals surface area contributed by atoms with Gasteiger partial charge in [-0.1, -0.05) is 6.07 Å². The van der Waals surface area contributed by atoms with E-state index in [-0.39, 0.29) is 36.1 Å². The van der Waals surface area contributed by atoms with Crippen LogP contribution in [0.3, 0.4) is 0 Å². The molecule has 0 atom stereocenters. The second-order valence-corrected chi connectivity index (χ2v) is 8.37. The van der Waals surface area contributed by atoms with E-state index in [0.717, 1.165) is 11.0 Å². The predicted molar refractivity (Wildman–Crippen MR) is 91.3 cm³/mol. The van der Waals surface area contributed by atoms with Crippen molar-refractivity contribution in [3.63, 3.8) is 0 Å². The molecule has 0 unspecified atom stereocenters. The Bertz CT molecular complexity index is 997. The second kappa shape index (κ2) is 7.34. The highest BCUT2D eigenvalue weighted by atomic mass is 32.2. The molecule has 0 spiro atoms. The van der Waals surface area contributed by atoms with Gasteiger partial charge in [0.05, 0.1) is 17.1 Å². The third-order valence-corrected chi connectivity index (χ3v) is 5.64. The second-order valence-electron chi connectivity index (χ2n) is 6.07. The Morgan fingerprint density at radius 3 is 2.39 bits per heavy atom. The van der Waals surface area contributed by atoms with E-state index >= 15 is 0 Å². The van der Waals surface area contributed by atoms with Crippen molar-refractivity contribution in [3.8, 4) is 0 Å². The smallest absolute Gasteiger partial charge is 0.339 e. The monoisotopic (exact) mass is 418 g/mol. The van der Waals surface area contributed by atoms with Crippen LogP contribution in [0.2, 0.25) is 0 Å². The van der Waals surface area contributed by atoms with Crippen LogP contribution < -0.4 is 5.32 Å². The lowest BCUT2D eigenvalue weighted by Gasteiger charge is -2.27. The molecular formula is C16H14F4N4O3S. The van der Waals surface area contributed by atoms with Gasteiger partial charge in [-0.25, -0.2) is 12.8 Å². The fourth-order valence-corrected chi connectivity index (χ4v) is 3.81. The van der Waals surface area contributed by atoms with Crippen LogP contribution in [0.15, 0.2) is 30.3 Å². The van der Waals surface area contributed by atoms with E-state index in [9.17, 15) is 30.8 Å². The maximum atomic E-state index is 13.5. The van der Waals surface area contributed by atoms with Crippen molar-refractivity contribution in [3.05, 3.63) is 47.4 Å². The van der Waals surface area contributed by atoms with E-state index < -0.39 is 39.0 Å². The Balaban J connectivity index is 1.90. The first-order valence-electron chi connectivity index (χ1n) is 8.02. The largest absolute Gasteiger partial charge is 0.418 e. The summed E-state index contributed by atoms with van der Waals surface area (Å²) in [5.41, 5.74) is -2.08. The highest BCUT2D eigenvalue weighted by Crippen LogP contribution is 2.33. The first-order chi connectivity index (χ1) is 13.0. The van der Waals surface area contributed by atoms with Crippen LogP contribution in [-0.2, 0) is 16.0 Å². The number of halogens is 4. The van der Waals surface area contributed by atoms with E-state index in [4.69, 9.17) is 0 Å². The molecule has 0 bridgehead atoms. The molecule has 2 heterocycles. The summed E-state index contributed by atoms with van der Waals surface area (Å²) < 4.78 is 76.5. The molecule has 1 aliphatic heterocycles. The van der Waals surface area contributed by atoms with E-state index in [1.165, 1.54) is 18.2 Å². The summed E-state index contributed by atoms with van der Waals surface area (Å²) in [7, 11) is -3.31. The number of benzene rings is 1. The molecule has 1 N–H and O–H groups in total. The molecule has 0 aliphatic carbocycles. The number of anilines is 2.